The monoisotopic (exact) mass is 512 g/mol. The van der Waals surface area contributed by atoms with Gasteiger partial charge in [-0.1, -0.05) is 37.6 Å². The van der Waals surface area contributed by atoms with Crippen molar-refractivity contribution in [3.8, 4) is 5.88 Å². The summed E-state index contributed by atoms with van der Waals surface area (Å²) in [6.07, 6.45) is 2.68. The molecule has 36 heavy (non-hydrogen) atoms. The molecule has 1 fully saturated rings. The third kappa shape index (κ3) is 5.53. The number of aromatic hydroxyl groups is 1. The quantitative estimate of drug-likeness (QED) is 0.457. The van der Waals surface area contributed by atoms with Crippen LogP contribution in [0.2, 0.25) is 5.02 Å². The van der Waals surface area contributed by atoms with Crippen LogP contribution in [0, 0.1) is 5.92 Å². The first-order valence-electron chi connectivity index (χ1n) is 12.6. The van der Waals surface area contributed by atoms with Crippen molar-refractivity contribution >= 4 is 40.2 Å². The van der Waals surface area contributed by atoms with Crippen LogP contribution >= 0.6 is 11.6 Å². The summed E-state index contributed by atoms with van der Waals surface area (Å²) < 4.78 is 1.82. The summed E-state index contributed by atoms with van der Waals surface area (Å²) in [6.45, 7) is 14.7. The highest BCUT2D eigenvalue weighted by molar-refractivity contribution is 6.30. The highest BCUT2D eigenvalue weighted by Gasteiger charge is 2.28. The lowest BCUT2D eigenvalue weighted by Crippen LogP contribution is -2.50. The van der Waals surface area contributed by atoms with Crippen molar-refractivity contribution in [2.45, 2.75) is 59.5 Å². The molecule has 0 bridgehead atoms. The standard InChI is InChI=1S/C27H37ClN6O2/c1-17(2)24(35)32-11-13-33(14-12-32)26-29-22-21(16-34(18(3)4)25(22)36)23(30-26)31-27(5,6)15-19-7-9-20(28)10-8-19/h7-10,16-18,36H,11-15H2,1-6H3,(H,29,30,31). The van der Waals surface area contributed by atoms with Crippen LogP contribution in [0.5, 0.6) is 5.88 Å². The molecule has 1 amide bonds. The van der Waals surface area contributed by atoms with Crippen molar-refractivity contribution in [1.82, 2.24) is 19.4 Å². The van der Waals surface area contributed by atoms with Crippen LogP contribution in [0.1, 0.15) is 53.1 Å². The van der Waals surface area contributed by atoms with E-state index in [1.54, 1.807) is 0 Å². The second-order valence-electron chi connectivity index (χ2n) is 10.9. The summed E-state index contributed by atoms with van der Waals surface area (Å²) in [4.78, 5) is 26.1. The van der Waals surface area contributed by atoms with Gasteiger partial charge in [-0.3, -0.25) is 4.79 Å². The number of nitrogens with zero attached hydrogens (tertiary/aromatic N) is 5. The summed E-state index contributed by atoms with van der Waals surface area (Å²) in [6, 6.07) is 7.94. The minimum absolute atomic E-state index is 0.0180. The maximum Gasteiger partial charge on any atom is 0.228 e. The van der Waals surface area contributed by atoms with Gasteiger partial charge < -0.3 is 24.8 Å². The maximum absolute atomic E-state index is 12.4. The van der Waals surface area contributed by atoms with Crippen LogP contribution in [-0.4, -0.2) is 62.2 Å². The van der Waals surface area contributed by atoms with Crippen LogP contribution in [0.4, 0.5) is 11.8 Å². The number of carbonyl (C=O) groups excluding carboxylic acids is 1. The smallest absolute Gasteiger partial charge is 0.228 e. The van der Waals surface area contributed by atoms with Crippen molar-refractivity contribution in [3.05, 3.63) is 41.0 Å². The van der Waals surface area contributed by atoms with E-state index in [-0.39, 0.29) is 29.3 Å². The third-order valence-corrected chi connectivity index (χ3v) is 6.85. The summed E-state index contributed by atoms with van der Waals surface area (Å²) >= 11 is 6.07. The molecule has 0 spiro atoms. The van der Waals surface area contributed by atoms with E-state index in [4.69, 9.17) is 21.6 Å². The van der Waals surface area contributed by atoms with Gasteiger partial charge in [0.1, 0.15) is 11.3 Å². The predicted molar refractivity (Wildman–Crippen MR) is 146 cm³/mol. The molecule has 1 aliphatic rings. The summed E-state index contributed by atoms with van der Waals surface area (Å²) in [7, 11) is 0. The number of halogens is 1. The Morgan fingerprint density at radius 3 is 2.31 bits per heavy atom. The fourth-order valence-corrected chi connectivity index (χ4v) is 4.80. The van der Waals surface area contributed by atoms with E-state index in [1.165, 1.54) is 0 Å². The van der Waals surface area contributed by atoms with Gasteiger partial charge in [-0.2, -0.15) is 4.98 Å². The Morgan fingerprint density at radius 1 is 1.08 bits per heavy atom. The molecule has 8 nitrogen and oxygen atoms in total. The van der Waals surface area contributed by atoms with E-state index in [0.29, 0.717) is 48.5 Å². The van der Waals surface area contributed by atoms with Crippen molar-refractivity contribution in [3.63, 3.8) is 0 Å². The van der Waals surface area contributed by atoms with Gasteiger partial charge in [-0.25, -0.2) is 4.98 Å². The number of fused-ring (bicyclic) bond motifs is 1. The molecule has 4 rings (SSSR count). The second kappa shape index (κ2) is 10.2. The first kappa shape index (κ1) is 26.1. The minimum atomic E-state index is -0.329. The Hall–Kier alpha value is -3.00. The SMILES string of the molecule is CC(C)C(=O)N1CCN(c2nc(NC(C)(C)Cc3ccc(Cl)cc3)c3cn(C(C)C)c(O)c3n2)CC1. The first-order chi connectivity index (χ1) is 16.9. The molecule has 0 saturated carbocycles. The van der Waals surface area contributed by atoms with Crippen molar-refractivity contribution < 1.29 is 9.90 Å². The molecule has 194 valence electrons. The van der Waals surface area contributed by atoms with Gasteiger partial charge in [-0.15, -0.1) is 0 Å². The summed E-state index contributed by atoms with van der Waals surface area (Å²) in [5, 5.41) is 16.1. The molecule has 3 aromatic rings. The van der Waals surface area contributed by atoms with Crippen LogP contribution in [0.15, 0.2) is 30.5 Å². The molecule has 2 N–H and O–H groups in total. The second-order valence-corrected chi connectivity index (χ2v) is 11.3. The zero-order valence-corrected chi connectivity index (χ0v) is 22.8. The fourth-order valence-electron chi connectivity index (χ4n) is 4.67. The molecule has 0 radical (unpaired) electrons. The number of carbonyl (C=O) groups is 1. The van der Waals surface area contributed by atoms with Crippen molar-refractivity contribution in [1.29, 1.82) is 0 Å². The average Bonchev–Trinajstić information content (AvgIpc) is 3.17. The number of aromatic nitrogens is 3. The van der Waals surface area contributed by atoms with E-state index in [0.717, 1.165) is 17.4 Å². The third-order valence-electron chi connectivity index (χ3n) is 6.60. The van der Waals surface area contributed by atoms with Crippen molar-refractivity contribution in [2.24, 2.45) is 5.92 Å². The molecule has 0 unspecified atom stereocenters. The Balaban J connectivity index is 1.66. The Morgan fingerprint density at radius 2 is 1.72 bits per heavy atom. The highest BCUT2D eigenvalue weighted by Crippen LogP contribution is 2.35. The topological polar surface area (TPSA) is 86.5 Å². The fraction of sp³-hybridized carbons (Fsp3) is 0.519. The van der Waals surface area contributed by atoms with Crippen LogP contribution in [0.3, 0.4) is 0 Å². The lowest BCUT2D eigenvalue weighted by atomic mass is 9.95. The van der Waals surface area contributed by atoms with Gasteiger partial charge in [-0.05, 0) is 51.8 Å². The van der Waals surface area contributed by atoms with E-state index in [1.807, 2.05) is 67.6 Å². The highest BCUT2D eigenvalue weighted by atomic mass is 35.5. The Bertz CT molecular complexity index is 1230. The zero-order chi connectivity index (χ0) is 26.2. The van der Waals surface area contributed by atoms with Crippen LogP contribution < -0.4 is 10.2 Å². The van der Waals surface area contributed by atoms with Crippen LogP contribution in [-0.2, 0) is 11.2 Å². The number of benzene rings is 1. The minimum Gasteiger partial charge on any atom is -0.493 e. The molecule has 0 aliphatic carbocycles. The molecular weight excluding hydrogens is 476 g/mol. The molecule has 3 heterocycles. The normalized spacial score (nSPS) is 14.8. The van der Waals surface area contributed by atoms with E-state index >= 15 is 0 Å². The number of hydrogen-bond acceptors (Lipinski definition) is 6. The van der Waals surface area contributed by atoms with E-state index in [2.05, 4.69) is 24.1 Å². The molecule has 0 atom stereocenters. The summed E-state index contributed by atoms with van der Waals surface area (Å²) in [5.41, 5.74) is 1.36. The molecule has 9 heteroatoms. The molecule has 1 aromatic carbocycles. The lowest BCUT2D eigenvalue weighted by Gasteiger charge is -2.36. The van der Waals surface area contributed by atoms with Gasteiger partial charge in [0.15, 0.2) is 0 Å². The number of hydrogen-bond donors (Lipinski definition) is 2. The average molecular weight is 513 g/mol. The largest absolute Gasteiger partial charge is 0.493 e. The molecular formula is C27H37ClN6O2. The summed E-state index contributed by atoms with van der Waals surface area (Å²) in [5.74, 6) is 1.53. The first-order valence-corrected chi connectivity index (χ1v) is 13.0. The maximum atomic E-state index is 12.4. The van der Waals surface area contributed by atoms with Crippen molar-refractivity contribution in [2.75, 3.05) is 36.4 Å². The number of amides is 1. The van der Waals surface area contributed by atoms with Gasteiger partial charge >= 0.3 is 0 Å². The van der Waals surface area contributed by atoms with Gasteiger partial charge in [0, 0.05) is 54.9 Å². The van der Waals surface area contributed by atoms with Crippen LogP contribution in [0.25, 0.3) is 10.9 Å². The van der Waals surface area contributed by atoms with E-state index < -0.39 is 0 Å². The molecule has 1 aliphatic heterocycles. The molecule has 1 saturated heterocycles. The number of nitrogens with one attached hydrogen (secondary N) is 1. The number of rotatable bonds is 7. The van der Waals surface area contributed by atoms with E-state index in [9.17, 15) is 9.90 Å². The molecule has 2 aromatic heterocycles. The van der Waals surface area contributed by atoms with Gasteiger partial charge in [0.05, 0.1) is 5.39 Å². The Kier molecular flexibility index (Phi) is 7.36. The Labute approximate surface area is 218 Å². The number of piperazine rings is 1. The lowest BCUT2D eigenvalue weighted by molar-refractivity contribution is -0.134. The van der Waals surface area contributed by atoms with Gasteiger partial charge in [0.2, 0.25) is 17.7 Å². The predicted octanol–water partition coefficient (Wildman–Crippen LogP) is 5.11. The van der Waals surface area contributed by atoms with Gasteiger partial charge in [0.25, 0.3) is 0 Å². The number of anilines is 2. The zero-order valence-electron chi connectivity index (χ0n) is 22.0.